The molecule has 0 aliphatic carbocycles. The zero-order chi connectivity index (χ0) is 13.9. The van der Waals surface area contributed by atoms with Crippen LogP contribution in [0.25, 0.3) is 0 Å². The van der Waals surface area contributed by atoms with Crippen LogP contribution >= 0.6 is 11.1 Å². The van der Waals surface area contributed by atoms with E-state index in [-0.39, 0.29) is 5.54 Å². The van der Waals surface area contributed by atoms with Crippen LogP contribution < -0.4 is 15.7 Å². The molecule has 1 unspecified atom stereocenters. The minimum atomic E-state index is -1.64. The minimum absolute atomic E-state index is 0.0395. The maximum atomic E-state index is 6.76. The van der Waals surface area contributed by atoms with E-state index in [1.807, 2.05) is 6.07 Å². The van der Waals surface area contributed by atoms with Gasteiger partial charge in [0.2, 0.25) is 8.11 Å². The van der Waals surface area contributed by atoms with Gasteiger partial charge in [0, 0.05) is 11.2 Å². The highest BCUT2D eigenvalue weighted by Gasteiger charge is 2.19. The van der Waals surface area contributed by atoms with Crippen molar-refractivity contribution in [1.29, 1.82) is 0 Å². The van der Waals surface area contributed by atoms with E-state index in [9.17, 15) is 0 Å². The minimum Gasteiger partial charge on any atom is -0.380 e. The van der Waals surface area contributed by atoms with Crippen molar-refractivity contribution in [3.63, 3.8) is 0 Å². The number of hydrogen-bond donors (Lipinski definition) is 1. The lowest BCUT2D eigenvalue weighted by Crippen LogP contribution is -2.40. The van der Waals surface area contributed by atoms with E-state index in [4.69, 9.17) is 11.1 Å². The standard InChI is InChI=1S/C16H20ClNSi/c1-16(2,3)18-14-11-7-8-12-15(14)19(17)13-9-5-4-6-10-13/h4-12,18-19H,1-3H3. The Morgan fingerprint density at radius 2 is 1.47 bits per heavy atom. The van der Waals surface area contributed by atoms with E-state index >= 15 is 0 Å². The maximum absolute atomic E-state index is 6.76. The van der Waals surface area contributed by atoms with Crippen molar-refractivity contribution < 1.29 is 0 Å². The average Bonchev–Trinajstić information content (AvgIpc) is 2.38. The monoisotopic (exact) mass is 289 g/mol. The summed E-state index contributed by atoms with van der Waals surface area (Å²) in [5.41, 5.74) is 1.20. The molecule has 0 aromatic heterocycles. The van der Waals surface area contributed by atoms with Gasteiger partial charge in [0.05, 0.1) is 0 Å². The normalized spacial score (nSPS) is 13.1. The van der Waals surface area contributed by atoms with Gasteiger partial charge in [0.15, 0.2) is 0 Å². The smallest absolute Gasteiger partial charge is 0.204 e. The number of rotatable bonds is 3. The van der Waals surface area contributed by atoms with Crippen molar-refractivity contribution >= 4 is 35.2 Å². The number of nitrogens with one attached hydrogen (secondary N) is 1. The van der Waals surface area contributed by atoms with Gasteiger partial charge in [-0.15, -0.1) is 0 Å². The van der Waals surface area contributed by atoms with Gasteiger partial charge in [-0.2, -0.15) is 11.1 Å². The Morgan fingerprint density at radius 3 is 2.11 bits per heavy atom. The van der Waals surface area contributed by atoms with Crippen molar-refractivity contribution in [3.05, 3.63) is 54.6 Å². The van der Waals surface area contributed by atoms with E-state index in [0.717, 1.165) is 5.69 Å². The first-order valence-electron chi connectivity index (χ1n) is 6.53. The summed E-state index contributed by atoms with van der Waals surface area (Å²) < 4.78 is 0. The van der Waals surface area contributed by atoms with Crippen LogP contribution in [0.15, 0.2) is 54.6 Å². The second-order valence-corrected chi connectivity index (χ2v) is 9.06. The Bertz CT molecular complexity index is 534. The summed E-state index contributed by atoms with van der Waals surface area (Å²) in [5, 5.41) is 6.06. The van der Waals surface area contributed by atoms with Gasteiger partial charge in [-0.25, -0.2) is 0 Å². The Morgan fingerprint density at radius 1 is 0.895 bits per heavy atom. The number of halogens is 1. The maximum Gasteiger partial charge on any atom is 0.204 e. The Kier molecular flexibility index (Phi) is 4.33. The molecule has 0 bridgehead atoms. The Hall–Kier alpha value is -1.25. The summed E-state index contributed by atoms with van der Waals surface area (Å²) in [5.74, 6) is 0. The summed E-state index contributed by atoms with van der Waals surface area (Å²) in [6, 6.07) is 18.8. The predicted molar refractivity (Wildman–Crippen MR) is 88.5 cm³/mol. The fourth-order valence-electron chi connectivity index (χ4n) is 2.04. The first-order chi connectivity index (χ1) is 8.97. The summed E-state index contributed by atoms with van der Waals surface area (Å²) >= 11 is 6.76. The lowest BCUT2D eigenvalue weighted by Gasteiger charge is -2.25. The first-order valence-corrected chi connectivity index (χ1v) is 9.43. The van der Waals surface area contributed by atoms with Gasteiger partial charge in [-0.1, -0.05) is 48.5 Å². The molecule has 0 aliphatic rings. The molecule has 2 aromatic carbocycles. The van der Waals surface area contributed by atoms with Gasteiger partial charge >= 0.3 is 0 Å². The number of hydrogen-bond acceptors (Lipinski definition) is 1. The van der Waals surface area contributed by atoms with Crippen molar-refractivity contribution in [3.8, 4) is 0 Å². The molecular formula is C16H20ClNSi. The van der Waals surface area contributed by atoms with Gasteiger partial charge in [-0.3, -0.25) is 0 Å². The highest BCUT2D eigenvalue weighted by Crippen LogP contribution is 2.14. The van der Waals surface area contributed by atoms with Crippen LogP contribution in [0.1, 0.15) is 20.8 Å². The molecule has 19 heavy (non-hydrogen) atoms. The fourth-order valence-corrected chi connectivity index (χ4v) is 4.69. The molecule has 1 nitrogen and oxygen atoms in total. The van der Waals surface area contributed by atoms with Crippen molar-refractivity contribution in [2.45, 2.75) is 26.3 Å². The highest BCUT2D eigenvalue weighted by molar-refractivity contribution is 7.21. The molecule has 0 saturated carbocycles. The van der Waals surface area contributed by atoms with E-state index in [1.165, 1.54) is 10.4 Å². The largest absolute Gasteiger partial charge is 0.380 e. The molecule has 3 heteroatoms. The number of anilines is 1. The zero-order valence-corrected chi connectivity index (χ0v) is 13.6. The molecule has 0 saturated heterocycles. The van der Waals surface area contributed by atoms with Crippen molar-refractivity contribution in [1.82, 2.24) is 0 Å². The quantitative estimate of drug-likeness (QED) is 0.677. The fraction of sp³-hybridized carbons (Fsp3) is 0.250. The van der Waals surface area contributed by atoms with Gasteiger partial charge in [-0.05, 0) is 37.2 Å². The third-order valence-corrected chi connectivity index (χ3v) is 6.32. The molecule has 2 rings (SSSR count). The molecule has 0 amide bonds. The zero-order valence-electron chi connectivity index (χ0n) is 11.7. The second kappa shape index (κ2) is 5.80. The van der Waals surface area contributed by atoms with Gasteiger partial charge in [0.1, 0.15) is 0 Å². The van der Waals surface area contributed by atoms with Crippen LogP contribution in [0.2, 0.25) is 0 Å². The summed E-state index contributed by atoms with van der Waals surface area (Å²) in [7, 11) is -1.64. The molecule has 0 heterocycles. The van der Waals surface area contributed by atoms with E-state index < -0.39 is 8.11 Å². The van der Waals surface area contributed by atoms with Crippen molar-refractivity contribution in [2.24, 2.45) is 0 Å². The molecule has 0 spiro atoms. The molecule has 1 N–H and O–H groups in total. The molecule has 1 atom stereocenters. The van der Waals surface area contributed by atoms with Gasteiger partial charge in [0.25, 0.3) is 0 Å². The van der Waals surface area contributed by atoms with E-state index in [2.05, 4.69) is 74.6 Å². The van der Waals surface area contributed by atoms with Crippen LogP contribution in [-0.2, 0) is 0 Å². The molecule has 2 aromatic rings. The Balaban J connectivity index is 2.35. The summed E-state index contributed by atoms with van der Waals surface area (Å²) in [6.45, 7) is 6.49. The predicted octanol–water partition coefficient (Wildman–Crippen LogP) is 2.97. The number of para-hydroxylation sites is 1. The van der Waals surface area contributed by atoms with Crippen LogP contribution in [0, 0.1) is 0 Å². The van der Waals surface area contributed by atoms with Gasteiger partial charge < -0.3 is 5.32 Å². The molecule has 0 radical (unpaired) electrons. The lowest BCUT2D eigenvalue weighted by molar-refractivity contribution is 0.635. The highest BCUT2D eigenvalue weighted by atomic mass is 35.6. The first kappa shape index (κ1) is 14.2. The molecule has 0 fully saturated rings. The number of benzene rings is 2. The average molecular weight is 290 g/mol. The third-order valence-electron chi connectivity index (χ3n) is 2.84. The summed E-state index contributed by atoms with van der Waals surface area (Å²) in [6.07, 6.45) is 0. The Labute approximate surface area is 121 Å². The van der Waals surface area contributed by atoms with Crippen LogP contribution in [0.3, 0.4) is 0 Å². The van der Waals surface area contributed by atoms with E-state index in [0.29, 0.717) is 0 Å². The molecular weight excluding hydrogens is 270 g/mol. The van der Waals surface area contributed by atoms with Crippen LogP contribution in [0.5, 0.6) is 0 Å². The molecule has 0 aliphatic heterocycles. The lowest BCUT2D eigenvalue weighted by atomic mass is 10.1. The van der Waals surface area contributed by atoms with E-state index in [1.54, 1.807) is 0 Å². The van der Waals surface area contributed by atoms with Crippen LogP contribution in [-0.4, -0.2) is 13.6 Å². The molecule has 100 valence electrons. The summed E-state index contributed by atoms with van der Waals surface area (Å²) in [4.78, 5) is 0. The third kappa shape index (κ3) is 3.85. The SMILES string of the molecule is CC(C)(C)Nc1ccccc1[SiH](Cl)c1ccccc1. The van der Waals surface area contributed by atoms with Crippen molar-refractivity contribution in [2.75, 3.05) is 5.32 Å². The topological polar surface area (TPSA) is 12.0 Å². The van der Waals surface area contributed by atoms with Crippen LogP contribution in [0.4, 0.5) is 5.69 Å². The second-order valence-electron chi connectivity index (χ2n) is 5.74.